The van der Waals surface area contributed by atoms with Crippen molar-refractivity contribution in [2.45, 2.75) is 50.0 Å². The molecule has 1 amide bonds. The van der Waals surface area contributed by atoms with Gasteiger partial charge in [0.15, 0.2) is 0 Å². The molecule has 31 heavy (non-hydrogen) atoms. The minimum absolute atomic E-state index is 0.0415. The molecule has 166 valence electrons. The van der Waals surface area contributed by atoms with Gasteiger partial charge in [-0.05, 0) is 74.4 Å². The van der Waals surface area contributed by atoms with Crippen molar-refractivity contribution < 1.29 is 17.9 Å². The highest BCUT2D eigenvalue weighted by molar-refractivity contribution is 7.89. The minimum atomic E-state index is -3.56. The van der Waals surface area contributed by atoms with E-state index in [0.29, 0.717) is 38.3 Å². The van der Waals surface area contributed by atoms with Gasteiger partial charge >= 0.3 is 0 Å². The van der Waals surface area contributed by atoms with Crippen molar-refractivity contribution in [3.05, 3.63) is 59.7 Å². The molecular weight excluding hydrogens is 412 g/mol. The summed E-state index contributed by atoms with van der Waals surface area (Å²) in [5.41, 5.74) is 2.54. The third kappa shape index (κ3) is 4.77. The molecule has 2 aromatic rings. The Balaban J connectivity index is 1.35. The van der Waals surface area contributed by atoms with Crippen LogP contribution in [0.5, 0.6) is 5.75 Å². The number of nitrogens with one attached hydrogen (secondary N) is 1. The SMILES string of the molecule is CCOc1ccc(S(=O)(=O)N2CCC(C(=O)NC3CCCc4ccccc43)CC2)cc1. The normalized spacial score (nSPS) is 20.1. The predicted octanol–water partition coefficient (Wildman–Crippen LogP) is 3.68. The highest BCUT2D eigenvalue weighted by atomic mass is 32.2. The second-order valence-corrected chi connectivity index (χ2v) is 10.2. The van der Waals surface area contributed by atoms with Crippen LogP contribution < -0.4 is 10.1 Å². The Morgan fingerprint density at radius 3 is 2.48 bits per heavy atom. The van der Waals surface area contributed by atoms with E-state index in [9.17, 15) is 13.2 Å². The Morgan fingerprint density at radius 2 is 1.77 bits per heavy atom. The van der Waals surface area contributed by atoms with Crippen LogP contribution in [0.3, 0.4) is 0 Å². The predicted molar refractivity (Wildman–Crippen MR) is 119 cm³/mol. The maximum Gasteiger partial charge on any atom is 0.243 e. The van der Waals surface area contributed by atoms with Crippen LogP contribution in [0.4, 0.5) is 0 Å². The monoisotopic (exact) mass is 442 g/mol. The largest absolute Gasteiger partial charge is 0.494 e. The molecular formula is C24H30N2O4S. The van der Waals surface area contributed by atoms with Crippen LogP contribution in [0.15, 0.2) is 53.4 Å². The van der Waals surface area contributed by atoms with Gasteiger partial charge in [-0.2, -0.15) is 4.31 Å². The summed E-state index contributed by atoms with van der Waals surface area (Å²) in [7, 11) is -3.56. The maximum absolute atomic E-state index is 13.0. The van der Waals surface area contributed by atoms with E-state index < -0.39 is 10.0 Å². The number of rotatable bonds is 6. The van der Waals surface area contributed by atoms with Gasteiger partial charge in [0.1, 0.15) is 5.75 Å². The standard InChI is InChI=1S/C24H30N2O4S/c1-2-30-20-10-12-21(13-11-20)31(28,29)26-16-14-19(15-17-26)24(27)25-23-9-5-7-18-6-3-4-8-22(18)23/h3-4,6,8,10-13,19,23H,2,5,7,9,14-17H2,1H3,(H,25,27). The van der Waals surface area contributed by atoms with E-state index in [-0.39, 0.29) is 22.8 Å². The molecule has 0 spiro atoms. The number of carbonyl (C=O) groups is 1. The van der Waals surface area contributed by atoms with E-state index in [1.165, 1.54) is 15.4 Å². The Morgan fingerprint density at radius 1 is 1.06 bits per heavy atom. The van der Waals surface area contributed by atoms with Crippen molar-refractivity contribution in [1.29, 1.82) is 0 Å². The molecule has 4 rings (SSSR count). The average molecular weight is 443 g/mol. The third-order valence-electron chi connectivity index (χ3n) is 6.28. The number of nitrogens with zero attached hydrogens (tertiary/aromatic N) is 1. The molecule has 1 saturated heterocycles. The fourth-order valence-corrected chi connectivity index (χ4v) is 6.05. The summed E-state index contributed by atoms with van der Waals surface area (Å²) in [6.07, 6.45) is 4.16. The Hall–Kier alpha value is -2.38. The van der Waals surface area contributed by atoms with Crippen molar-refractivity contribution in [3.8, 4) is 5.75 Å². The number of fused-ring (bicyclic) bond motifs is 1. The Kier molecular flexibility index (Phi) is 6.62. The number of carbonyl (C=O) groups excluding carboxylic acids is 1. The summed E-state index contributed by atoms with van der Waals surface area (Å²) in [5.74, 6) is 0.543. The third-order valence-corrected chi connectivity index (χ3v) is 8.20. The van der Waals surface area contributed by atoms with E-state index in [1.54, 1.807) is 24.3 Å². The molecule has 2 aliphatic rings. The van der Waals surface area contributed by atoms with E-state index in [0.717, 1.165) is 19.3 Å². The number of aryl methyl sites for hydroxylation is 1. The van der Waals surface area contributed by atoms with Crippen molar-refractivity contribution in [3.63, 3.8) is 0 Å². The van der Waals surface area contributed by atoms with Gasteiger partial charge < -0.3 is 10.1 Å². The zero-order chi connectivity index (χ0) is 21.8. The van der Waals surface area contributed by atoms with Crippen molar-refractivity contribution in [2.24, 2.45) is 5.92 Å². The van der Waals surface area contributed by atoms with Gasteiger partial charge in [0, 0.05) is 19.0 Å². The van der Waals surface area contributed by atoms with Crippen molar-refractivity contribution >= 4 is 15.9 Å². The Labute approximate surface area is 184 Å². The smallest absolute Gasteiger partial charge is 0.243 e. The molecule has 0 radical (unpaired) electrons. The minimum Gasteiger partial charge on any atom is -0.494 e. The summed E-state index contributed by atoms with van der Waals surface area (Å²) in [6, 6.07) is 14.9. The molecule has 0 bridgehead atoms. The molecule has 6 nitrogen and oxygen atoms in total. The number of ether oxygens (including phenoxy) is 1. The number of sulfonamides is 1. The first kappa shape index (κ1) is 21.8. The summed E-state index contributed by atoms with van der Waals surface area (Å²) in [6.45, 7) is 3.13. The zero-order valence-electron chi connectivity index (χ0n) is 17.9. The molecule has 1 unspecified atom stereocenters. The Bertz CT molecular complexity index is 1010. The average Bonchev–Trinajstić information content (AvgIpc) is 2.80. The van der Waals surface area contributed by atoms with Crippen LogP contribution in [0, 0.1) is 5.92 Å². The van der Waals surface area contributed by atoms with Gasteiger partial charge in [0.05, 0.1) is 17.5 Å². The first-order chi connectivity index (χ1) is 15.0. The second-order valence-electron chi connectivity index (χ2n) is 8.23. The van der Waals surface area contributed by atoms with Gasteiger partial charge in [0.25, 0.3) is 0 Å². The molecule has 1 N–H and O–H groups in total. The lowest BCUT2D eigenvalue weighted by atomic mass is 9.87. The van der Waals surface area contributed by atoms with Gasteiger partial charge in [-0.25, -0.2) is 8.42 Å². The van der Waals surface area contributed by atoms with Crippen LogP contribution in [0.1, 0.15) is 49.8 Å². The number of hydrogen-bond donors (Lipinski definition) is 1. The van der Waals surface area contributed by atoms with Crippen molar-refractivity contribution in [2.75, 3.05) is 19.7 Å². The first-order valence-corrected chi connectivity index (χ1v) is 12.5. The summed E-state index contributed by atoms with van der Waals surface area (Å²) in [4.78, 5) is 13.2. The molecule has 1 heterocycles. The topological polar surface area (TPSA) is 75.7 Å². The molecule has 1 fully saturated rings. The van der Waals surface area contributed by atoms with E-state index >= 15 is 0 Å². The van der Waals surface area contributed by atoms with Crippen LogP contribution in [0.25, 0.3) is 0 Å². The molecule has 0 aromatic heterocycles. The van der Waals surface area contributed by atoms with Gasteiger partial charge in [-0.15, -0.1) is 0 Å². The van der Waals surface area contributed by atoms with Gasteiger partial charge in [-0.3, -0.25) is 4.79 Å². The van der Waals surface area contributed by atoms with E-state index in [1.807, 2.05) is 19.1 Å². The van der Waals surface area contributed by atoms with E-state index in [2.05, 4.69) is 17.4 Å². The van der Waals surface area contributed by atoms with Crippen LogP contribution in [-0.2, 0) is 21.2 Å². The van der Waals surface area contributed by atoms with Crippen molar-refractivity contribution in [1.82, 2.24) is 9.62 Å². The first-order valence-electron chi connectivity index (χ1n) is 11.1. The zero-order valence-corrected chi connectivity index (χ0v) is 18.7. The highest BCUT2D eigenvalue weighted by Crippen LogP contribution is 2.31. The molecule has 7 heteroatoms. The lowest BCUT2D eigenvalue weighted by Gasteiger charge is -2.32. The quantitative estimate of drug-likeness (QED) is 0.741. The van der Waals surface area contributed by atoms with Gasteiger partial charge in [0.2, 0.25) is 15.9 Å². The fourth-order valence-electron chi connectivity index (χ4n) is 4.58. The molecule has 1 atom stereocenters. The molecule has 1 aliphatic heterocycles. The lowest BCUT2D eigenvalue weighted by Crippen LogP contribution is -2.44. The maximum atomic E-state index is 13.0. The highest BCUT2D eigenvalue weighted by Gasteiger charge is 2.33. The molecule has 1 aliphatic carbocycles. The molecule has 0 saturated carbocycles. The molecule has 2 aromatic carbocycles. The van der Waals surface area contributed by atoms with Crippen LogP contribution >= 0.6 is 0 Å². The number of piperidine rings is 1. The second kappa shape index (κ2) is 9.40. The summed E-state index contributed by atoms with van der Waals surface area (Å²) in [5, 5.41) is 3.23. The van der Waals surface area contributed by atoms with Crippen LogP contribution in [-0.4, -0.2) is 38.3 Å². The van der Waals surface area contributed by atoms with E-state index in [4.69, 9.17) is 4.74 Å². The lowest BCUT2D eigenvalue weighted by molar-refractivity contribution is -0.127. The number of amides is 1. The summed E-state index contributed by atoms with van der Waals surface area (Å²) >= 11 is 0. The fraction of sp³-hybridized carbons (Fsp3) is 0.458. The van der Waals surface area contributed by atoms with Gasteiger partial charge in [-0.1, -0.05) is 24.3 Å². The van der Waals surface area contributed by atoms with Crippen LogP contribution in [0.2, 0.25) is 0 Å². The number of hydrogen-bond acceptors (Lipinski definition) is 4. The number of benzene rings is 2. The summed E-state index contributed by atoms with van der Waals surface area (Å²) < 4.78 is 32.8.